The Hall–Kier alpha value is -2.64. The largest absolute Gasteiger partial charge is 0.466 e. The molecule has 1 fully saturated rings. The summed E-state index contributed by atoms with van der Waals surface area (Å²) in [5.74, 6) is -1.55. The van der Waals surface area contributed by atoms with Gasteiger partial charge in [-0.25, -0.2) is 4.39 Å². The van der Waals surface area contributed by atoms with Gasteiger partial charge >= 0.3 is 5.97 Å². The molecule has 1 unspecified atom stereocenters. The number of amides is 2. The fraction of sp³-hybridized carbons (Fsp3) is 0.471. The highest BCUT2D eigenvalue weighted by Gasteiger charge is 2.34. The Morgan fingerprint density at radius 1 is 1.36 bits per heavy atom. The molecule has 1 atom stereocenters. The number of carbonyl (C=O) groups is 3. The van der Waals surface area contributed by atoms with Gasteiger partial charge in [-0.2, -0.15) is 0 Å². The first-order valence-electron chi connectivity index (χ1n) is 8.23. The summed E-state index contributed by atoms with van der Waals surface area (Å²) in [7, 11) is 0. The number of hydrogen-bond donors (Lipinski definition) is 2. The van der Waals surface area contributed by atoms with Crippen molar-refractivity contribution in [1.82, 2.24) is 10.2 Å². The fourth-order valence-electron chi connectivity index (χ4n) is 2.50. The summed E-state index contributed by atoms with van der Waals surface area (Å²) in [5.41, 5.74) is 0.593. The molecule has 1 aliphatic rings. The van der Waals surface area contributed by atoms with Gasteiger partial charge in [-0.3, -0.25) is 14.4 Å². The average Bonchev–Trinajstić information content (AvgIpc) is 2.61. The van der Waals surface area contributed by atoms with Gasteiger partial charge in [-0.05, 0) is 30.7 Å². The second-order valence-electron chi connectivity index (χ2n) is 5.68. The van der Waals surface area contributed by atoms with Crippen LogP contribution in [0.3, 0.4) is 0 Å². The van der Waals surface area contributed by atoms with Crippen molar-refractivity contribution in [2.75, 3.05) is 31.6 Å². The van der Waals surface area contributed by atoms with E-state index in [2.05, 4.69) is 10.6 Å². The number of nitrogens with zero attached hydrogens (tertiary/aromatic N) is 1. The number of ether oxygens (including phenoxy) is 1. The number of esters is 1. The van der Waals surface area contributed by atoms with Gasteiger partial charge in [-0.1, -0.05) is 6.92 Å². The maximum Gasteiger partial charge on any atom is 0.308 e. The third kappa shape index (κ3) is 5.44. The van der Waals surface area contributed by atoms with Crippen LogP contribution in [0.4, 0.5) is 10.1 Å². The van der Waals surface area contributed by atoms with E-state index in [9.17, 15) is 18.8 Å². The number of carbonyl (C=O) groups excluding carboxylic acids is 3. The van der Waals surface area contributed by atoms with Gasteiger partial charge < -0.3 is 20.3 Å². The smallest absolute Gasteiger partial charge is 0.308 e. The maximum atomic E-state index is 12.9. The van der Waals surface area contributed by atoms with Crippen molar-refractivity contribution in [2.45, 2.75) is 25.8 Å². The number of benzene rings is 1. The van der Waals surface area contributed by atoms with Gasteiger partial charge in [0.2, 0.25) is 11.8 Å². The lowest BCUT2D eigenvalue weighted by Gasteiger charge is -2.34. The molecule has 0 spiro atoms. The maximum absolute atomic E-state index is 12.9. The van der Waals surface area contributed by atoms with Crippen molar-refractivity contribution < 1.29 is 23.5 Å². The third-order valence-corrected chi connectivity index (χ3v) is 3.77. The first kappa shape index (κ1) is 18.7. The van der Waals surface area contributed by atoms with Crippen LogP contribution in [0, 0.1) is 5.82 Å². The second-order valence-corrected chi connectivity index (χ2v) is 5.68. The van der Waals surface area contributed by atoms with E-state index in [1.165, 1.54) is 29.2 Å². The Bertz CT molecular complexity index is 621. The second kappa shape index (κ2) is 9.00. The van der Waals surface area contributed by atoms with Gasteiger partial charge in [0.05, 0.1) is 19.6 Å². The summed E-state index contributed by atoms with van der Waals surface area (Å²) >= 11 is 0. The summed E-state index contributed by atoms with van der Waals surface area (Å²) in [6, 6.07) is 4.73. The lowest BCUT2D eigenvalue weighted by atomic mass is 10.1. The molecule has 136 valence electrons. The monoisotopic (exact) mass is 351 g/mol. The minimum atomic E-state index is -0.874. The normalized spacial score (nSPS) is 17.0. The number of halogens is 1. The van der Waals surface area contributed by atoms with E-state index in [1.807, 2.05) is 6.92 Å². The molecule has 0 radical (unpaired) electrons. The molecule has 0 aromatic heterocycles. The molecule has 2 rings (SSSR count). The minimum absolute atomic E-state index is 0.0561. The molecule has 2 N–H and O–H groups in total. The molecule has 1 aromatic rings. The van der Waals surface area contributed by atoms with Crippen molar-refractivity contribution in [1.29, 1.82) is 0 Å². The predicted octanol–water partition coefficient (Wildman–Crippen LogP) is 0.908. The number of hydrogen-bond acceptors (Lipinski definition) is 5. The van der Waals surface area contributed by atoms with Crippen LogP contribution in [0.1, 0.15) is 19.8 Å². The van der Waals surface area contributed by atoms with Crippen molar-refractivity contribution in [3.05, 3.63) is 30.1 Å². The first-order valence-corrected chi connectivity index (χ1v) is 8.23. The topological polar surface area (TPSA) is 87.7 Å². The molecule has 7 nitrogen and oxygen atoms in total. The van der Waals surface area contributed by atoms with Gasteiger partial charge in [-0.15, -0.1) is 0 Å². The van der Waals surface area contributed by atoms with E-state index in [0.717, 1.165) is 0 Å². The van der Waals surface area contributed by atoms with E-state index < -0.39 is 12.0 Å². The Morgan fingerprint density at radius 3 is 2.76 bits per heavy atom. The molecule has 8 heteroatoms. The van der Waals surface area contributed by atoms with E-state index in [0.29, 0.717) is 25.2 Å². The molecular weight excluding hydrogens is 329 g/mol. The summed E-state index contributed by atoms with van der Waals surface area (Å²) in [6.45, 7) is 2.76. The van der Waals surface area contributed by atoms with Gasteiger partial charge in [0.25, 0.3) is 0 Å². The zero-order valence-electron chi connectivity index (χ0n) is 14.1. The van der Waals surface area contributed by atoms with E-state index >= 15 is 0 Å². The lowest BCUT2D eigenvalue weighted by molar-refractivity contribution is -0.151. The molecule has 1 heterocycles. The molecule has 0 aliphatic carbocycles. The average molecular weight is 351 g/mol. The predicted molar refractivity (Wildman–Crippen MR) is 89.3 cm³/mol. The SMILES string of the molecule is CCCOC(=O)CC1C(=O)NCCN1C(=O)CNc1ccc(F)cc1. The highest BCUT2D eigenvalue weighted by atomic mass is 19.1. The molecule has 1 aromatic carbocycles. The van der Waals surface area contributed by atoms with Gasteiger partial charge in [0.1, 0.15) is 11.9 Å². The Labute approximate surface area is 145 Å². The van der Waals surface area contributed by atoms with E-state index in [-0.39, 0.29) is 37.2 Å². The number of anilines is 1. The summed E-state index contributed by atoms with van der Waals surface area (Å²) < 4.78 is 17.9. The van der Waals surface area contributed by atoms with Crippen molar-refractivity contribution in [3.63, 3.8) is 0 Å². The zero-order chi connectivity index (χ0) is 18.2. The Balaban J connectivity index is 1.95. The molecule has 0 saturated carbocycles. The third-order valence-electron chi connectivity index (χ3n) is 3.77. The zero-order valence-corrected chi connectivity index (χ0v) is 14.1. The highest BCUT2D eigenvalue weighted by molar-refractivity contribution is 5.93. The fourth-order valence-corrected chi connectivity index (χ4v) is 2.50. The summed E-state index contributed by atoms with van der Waals surface area (Å²) in [5, 5.41) is 5.54. The quantitative estimate of drug-likeness (QED) is 0.713. The van der Waals surface area contributed by atoms with Gasteiger partial charge in [0, 0.05) is 18.8 Å². The number of piperazine rings is 1. The first-order chi connectivity index (χ1) is 12.0. The Kier molecular flexibility index (Phi) is 6.73. The van der Waals surface area contributed by atoms with Crippen LogP contribution in [0.5, 0.6) is 0 Å². The standard InChI is InChI=1S/C17H22FN3O4/c1-2-9-25-16(23)10-14-17(24)19-7-8-21(14)15(22)11-20-13-5-3-12(18)4-6-13/h3-6,14,20H,2,7-11H2,1H3,(H,19,24). The summed E-state index contributed by atoms with van der Waals surface area (Å²) in [4.78, 5) is 37.7. The van der Waals surface area contributed by atoms with Crippen molar-refractivity contribution >= 4 is 23.5 Å². The molecular formula is C17H22FN3O4. The van der Waals surface area contributed by atoms with Crippen LogP contribution < -0.4 is 10.6 Å². The van der Waals surface area contributed by atoms with E-state index in [1.54, 1.807) is 0 Å². The van der Waals surface area contributed by atoms with Crippen LogP contribution in [0.15, 0.2) is 24.3 Å². The van der Waals surface area contributed by atoms with Crippen LogP contribution >= 0.6 is 0 Å². The number of nitrogens with one attached hydrogen (secondary N) is 2. The molecule has 0 bridgehead atoms. The highest BCUT2D eigenvalue weighted by Crippen LogP contribution is 2.12. The number of rotatable bonds is 7. The van der Waals surface area contributed by atoms with E-state index in [4.69, 9.17) is 4.74 Å². The minimum Gasteiger partial charge on any atom is -0.466 e. The van der Waals surface area contributed by atoms with Crippen LogP contribution in [-0.2, 0) is 19.1 Å². The molecule has 25 heavy (non-hydrogen) atoms. The van der Waals surface area contributed by atoms with Crippen LogP contribution in [-0.4, -0.2) is 55.0 Å². The molecule has 1 saturated heterocycles. The Morgan fingerprint density at radius 2 is 2.08 bits per heavy atom. The van der Waals surface area contributed by atoms with Crippen LogP contribution in [0.2, 0.25) is 0 Å². The van der Waals surface area contributed by atoms with Crippen molar-refractivity contribution in [2.24, 2.45) is 0 Å². The molecule has 2 amide bonds. The van der Waals surface area contributed by atoms with Gasteiger partial charge in [0.15, 0.2) is 0 Å². The van der Waals surface area contributed by atoms with Crippen LogP contribution in [0.25, 0.3) is 0 Å². The molecule has 1 aliphatic heterocycles. The lowest BCUT2D eigenvalue weighted by Crippen LogP contribution is -2.58. The summed E-state index contributed by atoms with van der Waals surface area (Å²) in [6.07, 6.45) is 0.515. The van der Waals surface area contributed by atoms with Crippen molar-refractivity contribution in [3.8, 4) is 0 Å².